The molecule has 0 spiro atoms. The number of aromatic nitrogens is 4. The predicted molar refractivity (Wildman–Crippen MR) is 148 cm³/mol. The van der Waals surface area contributed by atoms with Crippen LogP contribution >= 0.6 is 11.3 Å². The summed E-state index contributed by atoms with van der Waals surface area (Å²) in [7, 11) is -5.01. The first-order valence-corrected chi connectivity index (χ1v) is 15.1. The molecule has 3 unspecified atom stereocenters. The number of oxime groups is 1. The molecule has 9 N–H and O–H groups in total. The van der Waals surface area contributed by atoms with Crippen LogP contribution in [0.2, 0.25) is 0 Å². The maximum absolute atomic E-state index is 13.2. The Bertz CT molecular complexity index is 1580. The largest absolute Gasteiger partial charge is 0.478 e. The highest BCUT2D eigenvalue weighted by molar-refractivity contribution is 7.84. The van der Waals surface area contributed by atoms with Gasteiger partial charge in [-0.2, -0.15) is 23.4 Å². The molecule has 2 saturated heterocycles. The molecule has 20 nitrogen and oxygen atoms in total. The number of nitrogens with two attached hydrogens (primary N) is 2. The number of carboxylic acid groups (broad SMARTS) is 1. The Morgan fingerprint density at radius 3 is 2.70 bits per heavy atom. The van der Waals surface area contributed by atoms with Gasteiger partial charge in [0.15, 0.2) is 16.8 Å². The van der Waals surface area contributed by atoms with Crippen LogP contribution in [0, 0.1) is 0 Å². The number of hydrogen-bond donors (Lipinski definition) is 7. The number of aliphatic carboxylic acids is 1. The van der Waals surface area contributed by atoms with E-state index in [9.17, 15) is 32.5 Å². The van der Waals surface area contributed by atoms with E-state index in [-0.39, 0.29) is 53.1 Å². The van der Waals surface area contributed by atoms with E-state index in [1.54, 1.807) is 0 Å². The minimum Gasteiger partial charge on any atom is -0.478 e. The lowest BCUT2D eigenvalue weighted by molar-refractivity contribution is -0.153. The van der Waals surface area contributed by atoms with Crippen molar-refractivity contribution in [1.29, 1.82) is 0 Å². The molecule has 0 radical (unpaired) electrons. The minimum atomic E-state index is -5.01. The summed E-state index contributed by atoms with van der Waals surface area (Å²) in [6.07, 6.45) is 2.59. The lowest BCUT2D eigenvalue weighted by atomic mass is 9.98. The molecular weight excluding hydrogens is 612 g/mol. The maximum Gasteiger partial charge on any atom is 0.362 e. The third-order valence-corrected chi connectivity index (χ3v) is 8.47. The summed E-state index contributed by atoms with van der Waals surface area (Å²) < 4.78 is 33.7. The second kappa shape index (κ2) is 11.7. The van der Waals surface area contributed by atoms with Crippen molar-refractivity contribution < 1.29 is 37.3 Å². The van der Waals surface area contributed by atoms with Crippen LogP contribution in [0.25, 0.3) is 0 Å². The highest BCUT2D eigenvalue weighted by Gasteiger charge is 2.56. The van der Waals surface area contributed by atoms with Gasteiger partial charge < -0.3 is 37.4 Å². The zero-order valence-corrected chi connectivity index (χ0v) is 23.9. The lowest BCUT2D eigenvalue weighted by Gasteiger charge is -2.43. The molecular formula is C21H28N12O8S2. The second-order valence-corrected chi connectivity index (χ2v) is 12.1. The Morgan fingerprint density at radius 2 is 2.09 bits per heavy atom. The third kappa shape index (κ3) is 6.65. The number of anilines is 1. The van der Waals surface area contributed by atoms with Crippen LogP contribution in [0.15, 0.2) is 21.7 Å². The SMILES string of the molecule is NC(=NCc1cnn(CC2C(NC(=O)C(=NOC3(C(=O)O)CC3)c3csc(N)n3)C(=O)N2S(=O)(=O)O)n1)NC1CCNC1. The molecule has 1 saturated carbocycles. The van der Waals surface area contributed by atoms with Gasteiger partial charge in [-0.3, -0.25) is 14.1 Å². The topological polar surface area (TPSA) is 295 Å². The van der Waals surface area contributed by atoms with E-state index < -0.39 is 51.5 Å². The summed E-state index contributed by atoms with van der Waals surface area (Å²) >= 11 is 0.969. The van der Waals surface area contributed by atoms with E-state index in [0.29, 0.717) is 5.69 Å². The van der Waals surface area contributed by atoms with Gasteiger partial charge in [-0.15, -0.1) is 11.3 Å². The number of aliphatic imine (C=N–C) groups is 1. The quantitative estimate of drug-likeness (QED) is 0.0391. The molecule has 2 aromatic rings. The van der Waals surface area contributed by atoms with Crippen LogP contribution in [0.5, 0.6) is 0 Å². The van der Waals surface area contributed by atoms with E-state index in [1.165, 1.54) is 11.6 Å². The molecule has 2 aromatic heterocycles. The van der Waals surface area contributed by atoms with Crippen LogP contribution in [0.3, 0.4) is 0 Å². The van der Waals surface area contributed by atoms with Crippen molar-refractivity contribution in [1.82, 2.24) is 40.2 Å². The summed E-state index contributed by atoms with van der Waals surface area (Å²) in [6, 6.07) is -2.66. The molecule has 3 fully saturated rings. The Hall–Kier alpha value is -4.41. The number of nitrogen functional groups attached to an aromatic ring is 1. The first-order valence-electron chi connectivity index (χ1n) is 12.8. The van der Waals surface area contributed by atoms with E-state index >= 15 is 0 Å². The van der Waals surface area contributed by atoms with E-state index in [4.69, 9.17) is 16.3 Å². The summed E-state index contributed by atoms with van der Waals surface area (Å²) in [5.74, 6) is -3.23. The van der Waals surface area contributed by atoms with Gasteiger partial charge in [0.25, 0.3) is 11.8 Å². The van der Waals surface area contributed by atoms with Crippen LogP contribution in [-0.2, 0) is 42.6 Å². The summed E-state index contributed by atoms with van der Waals surface area (Å²) in [5, 5.41) is 31.4. The number of carbonyl (C=O) groups is 3. The van der Waals surface area contributed by atoms with Crippen molar-refractivity contribution >= 4 is 56.2 Å². The fraction of sp³-hybridized carbons (Fsp3) is 0.524. The van der Waals surface area contributed by atoms with Crippen molar-refractivity contribution in [2.24, 2.45) is 15.9 Å². The number of carbonyl (C=O) groups excluding carboxylic acids is 2. The summed E-state index contributed by atoms with van der Waals surface area (Å²) in [4.78, 5) is 51.9. The molecule has 1 aliphatic carbocycles. The smallest absolute Gasteiger partial charge is 0.362 e. The number of hydrogen-bond acceptors (Lipinski definition) is 14. The monoisotopic (exact) mass is 640 g/mol. The summed E-state index contributed by atoms with van der Waals surface area (Å²) in [5.41, 5.74) is 9.81. The number of amides is 2. The number of rotatable bonds is 12. The molecule has 0 aromatic carbocycles. The molecule has 43 heavy (non-hydrogen) atoms. The van der Waals surface area contributed by atoms with Crippen LogP contribution in [0.1, 0.15) is 30.7 Å². The van der Waals surface area contributed by atoms with Gasteiger partial charge in [0.1, 0.15) is 23.5 Å². The Balaban J connectivity index is 1.30. The molecule has 2 aliphatic heterocycles. The van der Waals surface area contributed by atoms with Crippen LogP contribution < -0.4 is 27.4 Å². The molecule has 5 rings (SSSR count). The number of nitrogens with one attached hydrogen (secondary N) is 3. The Kier molecular flexibility index (Phi) is 8.18. The van der Waals surface area contributed by atoms with Crippen molar-refractivity contribution in [3.63, 3.8) is 0 Å². The van der Waals surface area contributed by atoms with Crippen molar-refractivity contribution in [2.75, 3.05) is 18.8 Å². The average molecular weight is 641 g/mol. The van der Waals surface area contributed by atoms with Gasteiger partial charge in [0, 0.05) is 30.8 Å². The van der Waals surface area contributed by atoms with E-state index in [0.717, 1.165) is 35.6 Å². The molecule has 2 amide bonds. The maximum atomic E-state index is 13.2. The zero-order valence-electron chi connectivity index (χ0n) is 22.3. The third-order valence-electron chi connectivity index (χ3n) is 6.85. The van der Waals surface area contributed by atoms with Crippen LogP contribution in [0.4, 0.5) is 5.13 Å². The highest BCUT2D eigenvalue weighted by atomic mass is 32.2. The summed E-state index contributed by atoms with van der Waals surface area (Å²) in [6.45, 7) is 1.34. The first-order chi connectivity index (χ1) is 20.4. The number of guanidine groups is 1. The van der Waals surface area contributed by atoms with Crippen molar-refractivity contribution in [3.8, 4) is 0 Å². The van der Waals surface area contributed by atoms with Gasteiger partial charge >= 0.3 is 16.3 Å². The van der Waals surface area contributed by atoms with Gasteiger partial charge in [0.05, 0.1) is 19.3 Å². The Morgan fingerprint density at radius 1 is 1.33 bits per heavy atom. The van der Waals surface area contributed by atoms with Gasteiger partial charge in [-0.1, -0.05) is 5.16 Å². The van der Waals surface area contributed by atoms with E-state index in [2.05, 4.69) is 41.3 Å². The molecule has 232 valence electrons. The standard InChI is InChI=1S/C21H28N12O8S2/c22-19(27-10-1-4-24-5-10)25-6-11-7-26-32(30-11)8-13-15(17(35)33(13)43(38,39)40)29-16(34)14(12-9-42-20(23)28-12)31-41-21(2-3-21)18(36)37/h7,9-10,13,15,24H,1-6,8H2,(H2,23,28)(H,29,34)(H,36,37)(H3,22,25,27)(H,38,39,40). The molecule has 4 heterocycles. The molecule has 0 bridgehead atoms. The zero-order chi connectivity index (χ0) is 30.9. The lowest BCUT2D eigenvalue weighted by Crippen LogP contribution is -2.73. The second-order valence-electron chi connectivity index (χ2n) is 9.96. The first kappa shape index (κ1) is 30.1. The normalized spacial score (nSPS) is 23.5. The molecule has 3 atom stereocenters. The number of carboxylic acids is 1. The van der Waals surface area contributed by atoms with Crippen molar-refractivity contribution in [3.05, 3.63) is 23.0 Å². The van der Waals surface area contributed by atoms with Crippen LogP contribution in [-0.4, -0.2) is 109 Å². The van der Waals surface area contributed by atoms with Gasteiger partial charge in [0.2, 0.25) is 5.60 Å². The van der Waals surface area contributed by atoms with E-state index in [1.807, 2.05) is 0 Å². The fourth-order valence-electron chi connectivity index (χ4n) is 4.40. The Labute approximate surface area is 247 Å². The molecule has 22 heteroatoms. The number of thiazole rings is 1. The highest BCUT2D eigenvalue weighted by Crippen LogP contribution is 2.40. The van der Waals surface area contributed by atoms with Gasteiger partial charge in [-0.05, 0) is 13.0 Å². The molecule has 3 aliphatic rings. The average Bonchev–Trinajstić information content (AvgIpc) is 3.25. The fourth-order valence-corrected chi connectivity index (χ4v) is 5.82. The predicted octanol–water partition coefficient (Wildman–Crippen LogP) is -3.38. The number of nitrogens with zero attached hydrogens (tertiary/aromatic N) is 7. The van der Waals surface area contributed by atoms with Gasteiger partial charge in [-0.25, -0.2) is 19.1 Å². The number of β-lactam (4-membered cyclic amide) rings is 1. The minimum absolute atomic E-state index is 0.0547. The van der Waals surface area contributed by atoms with Crippen molar-refractivity contribution in [2.45, 2.75) is 56.1 Å².